The van der Waals surface area contributed by atoms with Crippen molar-refractivity contribution in [1.82, 2.24) is 20.2 Å². The quantitative estimate of drug-likeness (QED) is 0.711. The Bertz CT molecular complexity index is 291. The third-order valence-electron chi connectivity index (χ3n) is 2.79. The van der Waals surface area contributed by atoms with E-state index in [1.807, 2.05) is 11.6 Å². The molecule has 1 aromatic rings. The first-order valence-electron chi connectivity index (χ1n) is 5.21. The Labute approximate surface area is 88.6 Å². The Kier molecular flexibility index (Phi) is 3.01. The second-order valence-electron chi connectivity index (χ2n) is 3.89. The van der Waals surface area contributed by atoms with E-state index in [4.69, 9.17) is 11.6 Å². The van der Waals surface area contributed by atoms with Gasteiger partial charge in [-0.15, -0.1) is 16.7 Å². The summed E-state index contributed by atoms with van der Waals surface area (Å²) in [6.07, 6.45) is 6.26. The zero-order valence-corrected chi connectivity index (χ0v) is 9.11. The number of hydrogen-bond acceptors (Lipinski definition) is 3. The van der Waals surface area contributed by atoms with Gasteiger partial charge in [0.25, 0.3) is 0 Å². The standard InChI is InChI=1S/C9H15ClN4/c1-7(10)9-11-12-13-14(9)8-5-3-2-4-6-8/h7-8H,2-6H2,1H3/t7-/m1/s1. The summed E-state index contributed by atoms with van der Waals surface area (Å²) in [4.78, 5) is 0. The topological polar surface area (TPSA) is 43.6 Å². The molecular weight excluding hydrogens is 200 g/mol. The van der Waals surface area contributed by atoms with E-state index in [2.05, 4.69) is 15.5 Å². The predicted molar refractivity (Wildman–Crippen MR) is 54.2 cm³/mol. The molecule has 0 aliphatic heterocycles. The lowest BCUT2D eigenvalue weighted by molar-refractivity contribution is 0.316. The van der Waals surface area contributed by atoms with Crippen molar-refractivity contribution in [2.45, 2.75) is 50.4 Å². The maximum Gasteiger partial charge on any atom is 0.169 e. The Morgan fingerprint density at radius 1 is 1.36 bits per heavy atom. The number of nitrogens with zero attached hydrogens (tertiary/aromatic N) is 4. The van der Waals surface area contributed by atoms with Gasteiger partial charge < -0.3 is 0 Å². The van der Waals surface area contributed by atoms with E-state index in [0.29, 0.717) is 6.04 Å². The van der Waals surface area contributed by atoms with Crippen LogP contribution in [0.3, 0.4) is 0 Å². The van der Waals surface area contributed by atoms with Crippen molar-refractivity contribution in [2.75, 3.05) is 0 Å². The lowest BCUT2D eigenvalue weighted by Crippen LogP contribution is -2.17. The first-order chi connectivity index (χ1) is 6.79. The van der Waals surface area contributed by atoms with Crippen LogP contribution in [-0.2, 0) is 0 Å². The second-order valence-corrected chi connectivity index (χ2v) is 4.54. The smallest absolute Gasteiger partial charge is 0.169 e. The Morgan fingerprint density at radius 2 is 2.07 bits per heavy atom. The summed E-state index contributed by atoms with van der Waals surface area (Å²) in [6.45, 7) is 1.91. The van der Waals surface area contributed by atoms with E-state index < -0.39 is 0 Å². The summed E-state index contributed by atoms with van der Waals surface area (Å²) in [7, 11) is 0. The van der Waals surface area contributed by atoms with Crippen LogP contribution in [0.25, 0.3) is 0 Å². The van der Waals surface area contributed by atoms with Crippen molar-refractivity contribution in [2.24, 2.45) is 0 Å². The van der Waals surface area contributed by atoms with Crippen LogP contribution in [0.2, 0.25) is 0 Å². The van der Waals surface area contributed by atoms with Crippen LogP contribution in [-0.4, -0.2) is 20.2 Å². The van der Waals surface area contributed by atoms with E-state index in [0.717, 1.165) is 5.82 Å². The average molecular weight is 215 g/mol. The van der Waals surface area contributed by atoms with E-state index in [1.165, 1.54) is 32.1 Å². The third kappa shape index (κ3) is 1.90. The minimum absolute atomic E-state index is 0.105. The molecule has 2 rings (SSSR count). The molecule has 0 unspecified atom stereocenters. The molecule has 1 atom stereocenters. The van der Waals surface area contributed by atoms with Gasteiger partial charge in [0, 0.05) is 0 Å². The van der Waals surface area contributed by atoms with Gasteiger partial charge in [0.15, 0.2) is 5.82 Å². The third-order valence-corrected chi connectivity index (χ3v) is 2.99. The van der Waals surface area contributed by atoms with Crippen molar-refractivity contribution in [3.8, 4) is 0 Å². The van der Waals surface area contributed by atoms with Gasteiger partial charge >= 0.3 is 0 Å². The minimum Gasteiger partial charge on any atom is -0.225 e. The average Bonchev–Trinajstić information content (AvgIpc) is 2.67. The molecule has 0 aromatic carbocycles. The van der Waals surface area contributed by atoms with Gasteiger partial charge in [-0.2, -0.15) is 0 Å². The number of hydrogen-bond donors (Lipinski definition) is 0. The zero-order chi connectivity index (χ0) is 9.97. The fraction of sp³-hybridized carbons (Fsp3) is 0.889. The summed E-state index contributed by atoms with van der Waals surface area (Å²) in [5, 5.41) is 11.6. The van der Waals surface area contributed by atoms with Crippen molar-refractivity contribution in [3.05, 3.63) is 5.82 Å². The Morgan fingerprint density at radius 3 is 2.71 bits per heavy atom. The molecule has 1 aliphatic carbocycles. The maximum atomic E-state index is 6.01. The Hall–Kier alpha value is -0.640. The van der Waals surface area contributed by atoms with Crippen molar-refractivity contribution in [3.63, 3.8) is 0 Å². The molecule has 0 bridgehead atoms. The van der Waals surface area contributed by atoms with Crippen LogP contribution in [0.1, 0.15) is 56.3 Å². The molecule has 1 aliphatic rings. The molecule has 0 N–H and O–H groups in total. The van der Waals surface area contributed by atoms with Gasteiger partial charge in [-0.25, -0.2) is 4.68 Å². The van der Waals surface area contributed by atoms with Gasteiger partial charge in [0.2, 0.25) is 0 Å². The summed E-state index contributed by atoms with van der Waals surface area (Å²) in [5.41, 5.74) is 0. The van der Waals surface area contributed by atoms with Gasteiger partial charge in [-0.05, 0) is 30.2 Å². The van der Waals surface area contributed by atoms with E-state index in [9.17, 15) is 0 Å². The molecule has 4 nitrogen and oxygen atoms in total. The zero-order valence-electron chi connectivity index (χ0n) is 8.36. The molecule has 1 saturated carbocycles. The highest BCUT2D eigenvalue weighted by Crippen LogP contribution is 2.29. The molecule has 0 saturated heterocycles. The van der Waals surface area contributed by atoms with Gasteiger partial charge in [0.05, 0.1) is 11.4 Å². The highest BCUT2D eigenvalue weighted by Gasteiger charge is 2.21. The lowest BCUT2D eigenvalue weighted by Gasteiger charge is -2.22. The molecule has 0 amide bonds. The maximum absolute atomic E-state index is 6.01. The summed E-state index contributed by atoms with van der Waals surface area (Å²) in [6, 6.07) is 0.468. The molecule has 1 fully saturated rings. The molecule has 5 heteroatoms. The fourth-order valence-electron chi connectivity index (χ4n) is 2.05. The molecule has 0 spiro atoms. The molecule has 1 heterocycles. The molecule has 14 heavy (non-hydrogen) atoms. The van der Waals surface area contributed by atoms with Crippen LogP contribution >= 0.6 is 11.6 Å². The molecular formula is C9H15ClN4. The normalized spacial score (nSPS) is 21.0. The van der Waals surface area contributed by atoms with Crippen molar-refractivity contribution >= 4 is 11.6 Å². The summed E-state index contributed by atoms with van der Waals surface area (Å²) < 4.78 is 1.91. The first kappa shape index (κ1) is 9.90. The van der Waals surface area contributed by atoms with Crippen molar-refractivity contribution in [1.29, 1.82) is 0 Å². The van der Waals surface area contributed by atoms with Crippen LogP contribution in [0.15, 0.2) is 0 Å². The fourth-order valence-corrected chi connectivity index (χ4v) is 2.19. The number of tetrazole rings is 1. The van der Waals surface area contributed by atoms with Crippen molar-refractivity contribution < 1.29 is 0 Å². The Balaban J connectivity index is 2.17. The highest BCUT2D eigenvalue weighted by atomic mass is 35.5. The molecule has 1 aromatic heterocycles. The minimum atomic E-state index is -0.105. The lowest BCUT2D eigenvalue weighted by atomic mass is 9.95. The van der Waals surface area contributed by atoms with E-state index in [-0.39, 0.29) is 5.38 Å². The summed E-state index contributed by atoms with van der Waals surface area (Å²) >= 11 is 6.01. The predicted octanol–water partition coefficient (Wildman–Crippen LogP) is 2.48. The monoisotopic (exact) mass is 214 g/mol. The molecule has 0 radical (unpaired) electrons. The van der Waals surface area contributed by atoms with Gasteiger partial charge in [-0.3, -0.25) is 0 Å². The van der Waals surface area contributed by atoms with Crippen LogP contribution in [0.4, 0.5) is 0 Å². The van der Waals surface area contributed by atoms with Gasteiger partial charge in [0.1, 0.15) is 0 Å². The van der Waals surface area contributed by atoms with Crippen LogP contribution in [0, 0.1) is 0 Å². The molecule has 78 valence electrons. The highest BCUT2D eigenvalue weighted by molar-refractivity contribution is 6.20. The van der Waals surface area contributed by atoms with E-state index in [1.54, 1.807) is 0 Å². The number of aromatic nitrogens is 4. The first-order valence-corrected chi connectivity index (χ1v) is 5.64. The number of alkyl halides is 1. The summed E-state index contributed by atoms with van der Waals surface area (Å²) in [5.74, 6) is 0.804. The second kappa shape index (κ2) is 4.26. The van der Waals surface area contributed by atoms with Crippen LogP contribution in [0.5, 0.6) is 0 Å². The van der Waals surface area contributed by atoms with Crippen LogP contribution < -0.4 is 0 Å². The largest absolute Gasteiger partial charge is 0.225 e. The van der Waals surface area contributed by atoms with E-state index >= 15 is 0 Å². The number of halogens is 1. The SMILES string of the molecule is C[C@@H](Cl)c1nnnn1C1CCCCC1. The number of rotatable bonds is 2. The van der Waals surface area contributed by atoms with Gasteiger partial charge in [-0.1, -0.05) is 19.3 Å².